The Kier molecular flexibility index (Phi) is 9.90. The molecule has 7 nitrogen and oxygen atoms in total. The van der Waals surface area contributed by atoms with E-state index >= 15 is 0 Å². The Hall–Kier alpha value is -3.23. The number of halogens is 1. The minimum Gasteiger partial charge on any atom is -0.490 e. The second-order valence-electron chi connectivity index (χ2n) is 13.6. The Labute approximate surface area is 267 Å². The SMILES string of the molecule is CC[C@H](C)[C@H](C(=O)O)N1C[C@H](CN2CCC(c3cc(Cc4ccc(OC5CC5)cc4)nn3CC)CC2)[C@@H](c2cccc(F)c2)C1. The van der Waals surface area contributed by atoms with Crippen LogP contribution in [0.2, 0.25) is 0 Å². The summed E-state index contributed by atoms with van der Waals surface area (Å²) in [5, 5.41) is 15.1. The minimum atomic E-state index is -0.754. The summed E-state index contributed by atoms with van der Waals surface area (Å²) in [6.45, 7) is 11.4. The Morgan fingerprint density at radius 1 is 1.04 bits per heavy atom. The molecule has 3 aliphatic rings. The summed E-state index contributed by atoms with van der Waals surface area (Å²) in [4.78, 5) is 17.0. The first-order valence-electron chi connectivity index (χ1n) is 17.1. The lowest BCUT2D eigenvalue weighted by molar-refractivity contribution is -0.145. The predicted molar refractivity (Wildman–Crippen MR) is 174 cm³/mol. The first-order chi connectivity index (χ1) is 21.8. The van der Waals surface area contributed by atoms with Gasteiger partial charge in [0, 0.05) is 50.1 Å². The zero-order chi connectivity index (χ0) is 31.5. The molecule has 0 spiro atoms. The fourth-order valence-corrected chi connectivity index (χ4v) is 7.59. The van der Waals surface area contributed by atoms with Crippen LogP contribution in [0.25, 0.3) is 0 Å². The third kappa shape index (κ3) is 7.60. The molecular formula is C37H49FN4O3. The lowest BCUT2D eigenvalue weighted by Crippen LogP contribution is -2.45. The third-order valence-electron chi connectivity index (χ3n) is 10.4. The number of hydrogen-bond acceptors (Lipinski definition) is 5. The number of ether oxygens (including phenoxy) is 1. The van der Waals surface area contributed by atoms with E-state index in [1.54, 1.807) is 12.1 Å². The van der Waals surface area contributed by atoms with Crippen LogP contribution < -0.4 is 4.74 Å². The van der Waals surface area contributed by atoms with Crippen LogP contribution in [-0.4, -0.2) is 75.5 Å². The molecule has 1 saturated carbocycles. The fraction of sp³-hybridized carbons (Fsp3) is 0.568. The standard InChI is InChI=1S/C37H49FN4O3/c1-4-25(3)36(37(43)44)41-23-29(34(24-41)28-7-6-8-30(38)20-28)22-40-17-15-27(16-18-40)35-21-31(39-42(35)5-2)19-26-9-11-32(12-10-26)45-33-13-14-33/h6-12,20-21,25,27,29,33-34,36H,4-5,13-19,22-24H2,1-3H3,(H,43,44)/t25-,29-,34+,36+/m0/s1. The van der Waals surface area contributed by atoms with E-state index in [1.807, 2.05) is 13.0 Å². The van der Waals surface area contributed by atoms with Crippen LogP contribution in [0.1, 0.15) is 87.2 Å². The van der Waals surface area contributed by atoms with Gasteiger partial charge in [0.1, 0.15) is 17.6 Å². The van der Waals surface area contributed by atoms with Gasteiger partial charge in [-0.05, 0) is 99.0 Å². The number of carboxylic acid groups (broad SMARTS) is 1. The molecule has 0 unspecified atom stereocenters. The van der Waals surface area contributed by atoms with Crippen molar-refractivity contribution in [2.24, 2.45) is 11.8 Å². The number of aromatic nitrogens is 2. The second-order valence-corrected chi connectivity index (χ2v) is 13.6. The Bertz CT molecular complexity index is 1430. The van der Waals surface area contributed by atoms with Gasteiger partial charge in [0.05, 0.1) is 11.8 Å². The van der Waals surface area contributed by atoms with Crippen molar-refractivity contribution < 1.29 is 19.0 Å². The zero-order valence-electron chi connectivity index (χ0n) is 27.1. The van der Waals surface area contributed by atoms with Crippen LogP contribution in [0.4, 0.5) is 4.39 Å². The highest BCUT2D eigenvalue weighted by atomic mass is 19.1. The first-order valence-corrected chi connectivity index (χ1v) is 17.1. The molecule has 2 aliphatic heterocycles. The summed E-state index contributed by atoms with van der Waals surface area (Å²) in [7, 11) is 0. The van der Waals surface area contributed by atoms with Crippen LogP contribution in [0.5, 0.6) is 5.75 Å². The van der Waals surface area contributed by atoms with Crippen molar-refractivity contribution in [1.29, 1.82) is 0 Å². The summed E-state index contributed by atoms with van der Waals surface area (Å²) in [5.41, 5.74) is 4.68. The molecule has 0 amide bonds. The quantitative estimate of drug-likeness (QED) is 0.234. The van der Waals surface area contributed by atoms with Crippen LogP contribution in [0.3, 0.4) is 0 Å². The summed E-state index contributed by atoms with van der Waals surface area (Å²) < 4.78 is 22.4. The maximum absolute atomic E-state index is 14.3. The molecule has 1 N–H and O–H groups in total. The topological polar surface area (TPSA) is 70.8 Å². The van der Waals surface area contributed by atoms with E-state index in [-0.39, 0.29) is 23.6 Å². The molecule has 6 rings (SSSR count). The molecule has 1 aromatic heterocycles. The molecule has 2 saturated heterocycles. The number of carboxylic acids is 1. The average Bonchev–Trinajstić information content (AvgIpc) is 3.62. The number of hydrogen-bond donors (Lipinski definition) is 1. The van der Waals surface area contributed by atoms with Crippen molar-refractivity contribution in [3.8, 4) is 5.75 Å². The second kappa shape index (κ2) is 14.0. The molecule has 2 aromatic carbocycles. The van der Waals surface area contributed by atoms with E-state index in [0.29, 0.717) is 18.6 Å². The van der Waals surface area contributed by atoms with Gasteiger partial charge in [0.15, 0.2) is 0 Å². The van der Waals surface area contributed by atoms with E-state index in [4.69, 9.17) is 9.84 Å². The molecular weight excluding hydrogens is 567 g/mol. The van der Waals surface area contributed by atoms with Gasteiger partial charge in [-0.2, -0.15) is 5.10 Å². The molecule has 1 aliphatic carbocycles. The smallest absolute Gasteiger partial charge is 0.321 e. The number of aryl methyl sites for hydroxylation is 1. The number of rotatable bonds is 13. The van der Waals surface area contributed by atoms with Crippen LogP contribution in [0.15, 0.2) is 54.6 Å². The van der Waals surface area contributed by atoms with Crippen molar-refractivity contribution in [2.75, 3.05) is 32.7 Å². The summed E-state index contributed by atoms with van der Waals surface area (Å²) in [5.74, 6) is 0.865. The molecule has 4 atom stereocenters. The number of nitrogens with zero attached hydrogens (tertiary/aromatic N) is 4. The van der Waals surface area contributed by atoms with Crippen LogP contribution in [0, 0.1) is 17.7 Å². The van der Waals surface area contributed by atoms with Crippen molar-refractivity contribution in [1.82, 2.24) is 19.6 Å². The molecule has 3 fully saturated rings. The van der Waals surface area contributed by atoms with E-state index < -0.39 is 12.0 Å². The summed E-state index contributed by atoms with van der Waals surface area (Å²) in [6, 6.07) is 17.2. The number of likely N-dealkylation sites (tertiary alicyclic amines) is 2. The van der Waals surface area contributed by atoms with Gasteiger partial charge in [-0.25, -0.2) is 4.39 Å². The number of aliphatic carboxylic acids is 1. The Balaban J connectivity index is 1.10. The molecule has 45 heavy (non-hydrogen) atoms. The minimum absolute atomic E-state index is 0.0548. The van der Waals surface area contributed by atoms with Gasteiger partial charge in [0.2, 0.25) is 0 Å². The normalized spacial score (nSPS) is 22.8. The monoisotopic (exact) mass is 616 g/mol. The number of piperidine rings is 1. The lowest BCUT2D eigenvalue weighted by atomic mass is 9.87. The fourth-order valence-electron chi connectivity index (χ4n) is 7.59. The van der Waals surface area contributed by atoms with Crippen molar-refractivity contribution in [3.05, 3.63) is 82.9 Å². The summed E-state index contributed by atoms with van der Waals surface area (Å²) >= 11 is 0. The van der Waals surface area contributed by atoms with Crippen molar-refractivity contribution >= 4 is 5.97 Å². The summed E-state index contributed by atoms with van der Waals surface area (Å²) in [6.07, 6.45) is 6.51. The molecule has 3 aromatic rings. The highest BCUT2D eigenvalue weighted by Crippen LogP contribution is 2.38. The maximum Gasteiger partial charge on any atom is 0.321 e. The van der Waals surface area contributed by atoms with E-state index in [0.717, 1.165) is 88.3 Å². The first kappa shape index (κ1) is 31.7. The number of carbonyl (C=O) groups is 1. The highest BCUT2D eigenvalue weighted by Gasteiger charge is 2.42. The van der Waals surface area contributed by atoms with Crippen LogP contribution in [-0.2, 0) is 17.8 Å². The van der Waals surface area contributed by atoms with E-state index in [1.165, 1.54) is 17.3 Å². The maximum atomic E-state index is 14.3. The van der Waals surface area contributed by atoms with Gasteiger partial charge >= 0.3 is 5.97 Å². The lowest BCUT2D eigenvalue weighted by Gasteiger charge is -2.35. The van der Waals surface area contributed by atoms with E-state index in [9.17, 15) is 14.3 Å². The van der Waals surface area contributed by atoms with Gasteiger partial charge in [-0.15, -0.1) is 0 Å². The van der Waals surface area contributed by atoms with Gasteiger partial charge in [-0.3, -0.25) is 14.4 Å². The largest absolute Gasteiger partial charge is 0.490 e. The highest BCUT2D eigenvalue weighted by molar-refractivity contribution is 5.74. The zero-order valence-corrected chi connectivity index (χ0v) is 27.1. The predicted octanol–water partition coefficient (Wildman–Crippen LogP) is 6.57. The Morgan fingerprint density at radius 2 is 1.80 bits per heavy atom. The van der Waals surface area contributed by atoms with Crippen molar-refractivity contribution in [2.45, 2.75) is 89.8 Å². The van der Waals surface area contributed by atoms with Gasteiger partial charge in [0.25, 0.3) is 0 Å². The van der Waals surface area contributed by atoms with E-state index in [2.05, 4.69) is 58.7 Å². The number of benzene rings is 2. The Morgan fingerprint density at radius 3 is 2.44 bits per heavy atom. The van der Waals surface area contributed by atoms with Crippen molar-refractivity contribution in [3.63, 3.8) is 0 Å². The molecule has 242 valence electrons. The third-order valence-corrected chi connectivity index (χ3v) is 10.4. The van der Waals surface area contributed by atoms with Gasteiger partial charge < -0.3 is 14.7 Å². The van der Waals surface area contributed by atoms with Crippen LogP contribution >= 0.6 is 0 Å². The molecule has 3 heterocycles. The average molecular weight is 617 g/mol. The molecule has 0 bridgehead atoms. The van der Waals surface area contributed by atoms with Gasteiger partial charge in [-0.1, -0.05) is 44.5 Å². The molecule has 0 radical (unpaired) electrons. The molecule has 8 heteroatoms.